The summed E-state index contributed by atoms with van der Waals surface area (Å²) < 4.78 is 41.0. The van der Waals surface area contributed by atoms with Crippen LogP contribution in [0.25, 0.3) is 0 Å². The third kappa shape index (κ3) is 7.21. The average molecular weight is 372 g/mol. The number of ether oxygens (including phenoxy) is 1. The molecule has 8 heteroatoms. The lowest BCUT2D eigenvalue weighted by molar-refractivity contribution is -0.176. The molecule has 5 nitrogen and oxygen atoms in total. The molecule has 3 N–H and O–H groups in total. The van der Waals surface area contributed by atoms with Crippen molar-refractivity contribution in [1.29, 1.82) is 0 Å². The van der Waals surface area contributed by atoms with Gasteiger partial charge in [-0.1, -0.05) is 31.2 Å². The zero-order valence-corrected chi connectivity index (χ0v) is 15.1. The van der Waals surface area contributed by atoms with Crippen LogP contribution < -0.4 is 11.1 Å². The van der Waals surface area contributed by atoms with Crippen LogP contribution >= 0.6 is 0 Å². The molecular formula is C18H27F3N4O. The fourth-order valence-electron chi connectivity index (χ4n) is 3.10. The monoisotopic (exact) mass is 372 g/mol. The van der Waals surface area contributed by atoms with Crippen LogP contribution in [0.4, 0.5) is 13.2 Å². The number of nitrogens with zero attached hydrogens (tertiary/aromatic N) is 2. The smallest absolute Gasteiger partial charge is 0.370 e. The Labute approximate surface area is 152 Å². The molecule has 0 radical (unpaired) electrons. The number of aliphatic imine (C=N–C) groups is 1. The second kappa shape index (κ2) is 9.78. The van der Waals surface area contributed by atoms with E-state index in [-0.39, 0.29) is 6.61 Å². The molecule has 1 aliphatic rings. The van der Waals surface area contributed by atoms with Crippen molar-refractivity contribution in [2.45, 2.75) is 45.1 Å². The van der Waals surface area contributed by atoms with E-state index in [9.17, 15) is 13.2 Å². The summed E-state index contributed by atoms with van der Waals surface area (Å²) in [6.45, 7) is 4.13. The summed E-state index contributed by atoms with van der Waals surface area (Å²) in [7, 11) is 0. The lowest BCUT2D eigenvalue weighted by Gasteiger charge is -2.23. The van der Waals surface area contributed by atoms with Crippen LogP contribution in [0.5, 0.6) is 0 Å². The summed E-state index contributed by atoms with van der Waals surface area (Å²) in [5.74, 6) is 0.381. The predicted molar refractivity (Wildman–Crippen MR) is 95.8 cm³/mol. The minimum absolute atomic E-state index is 0.0840. The molecule has 1 aromatic rings. The summed E-state index contributed by atoms with van der Waals surface area (Å²) in [5, 5.41) is 3.16. The van der Waals surface area contributed by atoms with E-state index < -0.39 is 12.8 Å². The molecule has 1 heterocycles. The number of nitrogens with two attached hydrogens (primary N) is 1. The highest BCUT2D eigenvalue weighted by Gasteiger charge is 2.27. The molecule has 26 heavy (non-hydrogen) atoms. The maximum Gasteiger partial charge on any atom is 0.411 e. The number of benzene rings is 1. The van der Waals surface area contributed by atoms with E-state index in [0.717, 1.165) is 31.6 Å². The van der Waals surface area contributed by atoms with Gasteiger partial charge in [0.1, 0.15) is 6.61 Å². The van der Waals surface area contributed by atoms with Crippen molar-refractivity contribution >= 4 is 5.96 Å². The van der Waals surface area contributed by atoms with E-state index >= 15 is 0 Å². The number of guanidine groups is 1. The third-order valence-electron chi connectivity index (χ3n) is 4.38. The van der Waals surface area contributed by atoms with E-state index in [4.69, 9.17) is 5.73 Å². The fraction of sp³-hybridized carbons (Fsp3) is 0.611. The van der Waals surface area contributed by atoms with Crippen LogP contribution in [0.3, 0.4) is 0 Å². The summed E-state index contributed by atoms with van der Waals surface area (Å²) >= 11 is 0. The van der Waals surface area contributed by atoms with Crippen LogP contribution in [0.1, 0.15) is 30.9 Å². The maximum atomic E-state index is 12.1. The van der Waals surface area contributed by atoms with Crippen molar-refractivity contribution in [3.63, 3.8) is 0 Å². The Morgan fingerprint density at radius 3 is 2.88 bits per heavy atom. The van der Waals surface area contributed by atoms with Gasteiger partial charge in [-0.15, -0.1) is 0 Å². The van der Waals surface area contributed by atoms with Crippen LogP contribution in [0.15, 0.2) is 29.3 Å². The van der Waals surface area contributed by atoms with Crippen LogP contribution in [0, 0.1) is 0 Å². The first-order chi connectivity index (χ1) is 12.4. The number of likely N-dealkylation sites (tertiary alicyclic amines) is 1. The van der Waals surface area contributed by atoms with Gasteiger partial charge < -0.3 is 15.8 Å². The minimum Gasteiger partial charge on any atom is -0.370 e. The Morgan fingerprint density at radius 1 is 1.38 bits per heavy atom. The van der Waals surface area contributed by atoms with Gasteiger partial charge in [0, 0.05) is 12.6 Å². The average Bonchev–Trinajstić information content (AvgIpc) is 3.05. The first-order valence-corrected chi connectivity index (χ1v) is 8.87. The zero-order valence-electron chi connectivity index (χ0n) is 15.1. The number of halogens is 3. The second-order valence-corrected chi connectivity index (χ2v) is 6.43. The molecule has 1 fully saturated rings. The maximum absolute atomic E-state index is 12.1. The highest BCUT2D eigenvalue weighted by atomic mass is 19.4. The van der Waals surface area contributed by atoms with Crippen LogP contribution in [-0.4, -0.2) is 49.3 Å². The van der Waals surface area contributed by atoms with E-state index in [1.807, 2.05) is 6.07 Å². The highest BCUT2D eigenvalue weighted by Crippen LogP contribution is 2.17. The standard InChI is InChI=1S/C18H27F3N4O/c1-2-25-8-4-7-16(25)11-24-17(22)23-10-14-5-3-6-15(9-14)12-26-13-18(19,20)21/h3,5-6,9,16H,2,4,7-8,10-13H2,1H3,(H3,22,23,24). The first kappa shape index (κ1) is 20.5. The molecule has 1 aliphatic heterocycles. The van der Waals surface area contributed by atoms with Crippen LogP contribution in [0.2, 0.25) is 0 Å². The number of alkyl halides is 3. The van der Waals surface area contributed by atoms with E-state index in [1.165, 1.54) is 6.42 Å². The Balaban J connectivity index is 1.78. The molecular weight excluding hydrogens is 345 g/mol. The van der Waals surface area contributed by atoms with Gasteiger partial charge >= 0.3 is 6.18 Å². The van der Waals surface area contributed by atoms with Gasteiger partial charge in [-0.3, -0.25) is 4.90 Å². The van der Waals surface area contributed by atoms with Gasteiger partial charge in [0.15, 0.2) is 5.96 Å². The van der Waals surface area contributed by atoms with Crippen LogP contribution in [-0.2, 0) is 17.9 Å². The summed E-state index contributed by atoms with van der Waals surface area (Å²) in [6, 6.07) is 7.63. The SMILES string of the molecule is CCN1CCCC1CNC(N)=NCc1cccc(COCC(F)(F)F)c1. The zero-order chi connectivity index (χ0) is 19.0. The van der Waals surface area contributed by atoms with Crippen molar-refractivity contribution in [2.24, 2.45) is 10.7 Å². The third-order valence-corrected chi connectivity index (χ3v) is 4.38. The minimum atomic E-state index is -4.31. The van der Waals surface area contributed by atoms with Gasteiger partial charge in [-0.05, 0) is 37.1 Å². The summed E-state index contributed by atoms with van der Waals surface area (Å²) in [6.07, 6.45) is -1.94. The van der Waals surface area contributed by atoms with Crippen molar-refractivity contribution in [2.75, 3.05) is 26.2 Å². The van der Waals surface area contributed by atoms with E-state index in [1.54, 1.807) is 18.2 Å². The first-order valence-electron chi connectivity index (χ1n) is 8.87. The Hall–Kier alpha value is -1.80. The van der Waals surface area contributed by atoms with E-state index in [2.05, 4.69) is 26.9 Å². The lowest BCUT2D eigenvalue weighted by atomic mass is 10.1. The number of rotatable bonds is 8. The molecule has 2 rings (SSSR count). The largest absolute Gasteiger partial charge is 0.411 e. The normalized spacial score (nSPS) is 19.1. The van der Waals surface area contributed by atoms with Gasteiger partial charge in [0.25, 0.3) is 0 Å². The molecule has 1 saturated heterocycles. The van der Waals surface area contributed by atoms with Crippen molar-refractivity contribution in [3.8, 4) is 0 Å². The Bertz CT molecular complexity index is 592. The summed E-state index contributed by atoms with van der Waals surface area (Å²) in [4.78, 5) is 6.73. The number of likely N-dealkylation sites (N-methyl/N-ethyl adjacent to an activating group) is 1. The number of hydrogen-bond acceptors (Lipinski definition) is 3. The molecule has 0 spiro atoms. The molecule has 0 bridgehead atoms. The summed E-state index contributed by atoms with van der Waals surface area (Å²) in [5.41, 5.74) is 7.48. The highest BCUT2D eigenvalue weighted by molar-refractivity contribution is 5.77. The van der Waals surface area contributed by atoms with E-state index in [0.29, 0.717) is 24.1 Å². The van der Waals surface area contributed by atoms with Crippen molar-refractivity contribution in [1.82, 2.24) is 10.2 Å². The Kier molecular flexibility index (Phi) is 7.71. The van der Waals surface area contributed by atoms with Crippen molar-refractivity contribution < 1.29 is 17.9 Å². The second-order valence-electron chi connectivity index (χ2n) is 6.43. The Morgan fingerprint density at radius 2 is 2.15 bits per heavy atom. The molecule has 1 unspecified atom stereocenters. The van der Waals surface area contributed by atoms with Gasteiger partial charge in [-0.2, -0.15) is 13.2 Å². The van der Waals surface area contributed by atoms with Crippen molar-refractivity contribution in [3.05, 3.63) is 35.4 Å². The molecule has 0 saturated carbocycles. The lowest BCUT2D eigenvalue weighted by Crippen LogP contribution is -2.42. The molecule has 1 aromatic carbocycles. The fourth-order valence-corrected chi connectivity index (χ4v) is 3.10. The molecule has 146 valence electrons. The molecule has 0 aromatic heterocycles. The molecule has 0 amide bonds. The quantitative estimate of drug-likeness (QED) is 0.544. The molecule has 1 atom stereocenters. The number of nitrogens with one attached hydrogen (secondary N) is 1. The predicted octanol–water partition coefficient (Wildman–Crippen LogP) is 2.65. The molecule has 0 aliphatic carbocycles. The van der Waals surface area contributed by atoms with Gasteiger partial charge in [0.2, 0.25) is 0 Å². The number of hydrogen-bond donors (Lipinski definition) is 2. The van der Waals surface area contributed by atoms with Gasteiger partial charge in [-0.25, -0.2) is 4.99 Å². The van der Waals surface area contributed by atoms with Gasteiger partial charge in [0.05, 0.1) is 13.2 Å². The topological polar surface area (TPSA) is 62.9 Å².